The highest BCUT2D eigenvalue weighted by atomic mass is 16.4. The zero-order valence-corrected chi connectivity index (χ0v) is 9.69. The molecular formula is C10H20N2O4. The van der Waals surface area contributed by atoms with Crippen molar-refractivity contribution in [2.24, 2.45) is 0 Å². The second kappa shape index (κ2) is 8.06. The van der Waals surface area contributed by atoms with Crippen molar-refractivity contribution in [3.8, 4) is 0 Å². The van der Waals surface area contributed by atoms with Gasteiger partial charge in [0, 0.05) is 12.5 Å². The number of amides is 1. The lowest BCUT2D eigenvalue weighted by Gasteiger charge is -2.12. The molecule has 0 aliphatic heterocycles. The van der Waals surface area contributed by atoms with E-state index in [0.29, 0.717) is 19.0 Å². The Morgan fingerprint density at radius 2 is 1.94 bits per heavy atom. The molecule has 0 aromatic heterocycles. The van der Waals surface area contributed by atoms with Crippen LogP contribution in [0, 0.1) is 0 Å². The van der Waals surface area contributed by atoms with Crippen LogP contribution in [0.5, 0.6) is 0 Å². The van der Waals surface area contributed by atoms with Crippen molar-refractivity contribution in [2.75, 3.05) is 13.2 Å². The van der Waals surface area contributed by atoms with E-state index in [0.717, 1.165) is 0 Å². The normalized spacial score (nSPS) is 12.5. The molecule has 0 fully saturated rings. The van der Waals surface area contributed by atoms with Crippen molar-refractivity contribution in [1.82, 2.24) is 10.6 Å². The minimum absolute atomic E-state index is 0.253. The Morgan fingerprint density at radius 1 is 1.31 bits per heavy atom. The Bertz CT molecular complexity index is 231. The predicted molar refractivity (Wildman–Crippen MR) is 59.0 cm³/mol. The van der Waals surface area contributed by atoms with E-state index in [1.54, 1.807) is 0 Å². The lowest BCUT2D eigenvalue weighted by molar-refractivity contribution is -0.142. The van der Waals surface area contributed by atoms with Gasteiger partial charge in [0.05, 0.1) is 6.61 Å². The molecule has 16 heavy (non-hydrogen) atoms. The summed E-state index contributed by atoms with van der Waals surface area (Å²) in [7, 11) is 0. The Balaban J connectivity index is 3.69. The van der Waals surface area contributed by atoms with E-state index < -0.39 is 18.6 Å². The molecule has 0 aromatic rings. The van der Waals surface area contributed by atoms with Crippen molar-refractivity contribution in [2.45, 2.75) is 38.8 Å². The lowest BCUT2D eigenvalue weighted by Crippen LogP contribution is -2.43. The quantitative estimate of drug-likeness (QED) is 0.416. The molecule has 94 valence electrons. The molecule has 6 heteroatoms. The van der Waals surface area contributed by atoms with E-state index in [1.165, 1.54) is 0 Å². The fourth-order valence-corrected chi connectivity index (χ4v) is 1.09. The summed E-state index contributed by atoms with van der Waals surface area (Å²) in [5.41, 5.74) is 0. The average Bonchev–Trinajstić information content (AvgIpc) is 2.20. The van der Waals surface area contributed by atoms with E-state index in [1.807, 2.05) is 13.8 Å². The monoisotopic (exact) mass is 232 g/mol. The van der Waals surface area contributed by atoms with Gasteiger partial charge in [0.25, 0.3) is 0 Å². The summed E-state index contributed by atoms with van der Waals surface area (Å²) >= 11 is 0. The standard InChI is InChI=1S/C10H20N2O4/c1-7(2)11-5-3-4-9(14)12-8(6-13)10(15)16/h7-8,11,13H,3-6H2,1-2H3,(H,12,14)(H,15,16)/t8-/m0/s1. The van der Waals surface area contributed by atoms with Crippen LogP contribution >= 0.6 is 0 Å². The largest absolute Gasteiger partial charge is 0.480 e. The Kier molecular flexibility index (Phi) is 7.49. The maximum Gasteiger partial charge on any atom is 0.328 e. The zero-order valence-electron chi connectivity index (χ0n) is 9.69. The van der Waals surface area contributed by atoms with Gasteiger partial charge in [-0.25, -0.2) is 4.79 Å². The van der Waals surface area contributed by atoms with E-state index in [2.05, 4.69) is 10.6 Å². The van der Waals surface area contributed by atoms with Gasteiger partial charge < -0.3 is 20.8 Å². The summed E-state index contributed by atoms with van der Waals surface area (Å²) in [5, 5.41) is 22.6. The molecule has 0 saturated heterocycles. The van der Waals surface area contributed by atoms with Gasteiger partial charge in [-0.05, 0) is 13.0 Å². The summed E-state index contributed by atoms with van der Waals surface area (Å²) < 4.78 is 0. The zero-order chi connectivity index (χ0) is 12.6. The number of rotatable bonds is 8. The van der Waals surface area contributed by atoms with Crippen LogP contribution in [-0.4, -0.2) is 47.3 Å². The number of carboxylic acid groups (broad SMARTS) is 1. The topological polar surface area (TPSA) is 98.7 Å². The molecule has 6 nitrogen and oxygen atoms in total. The molecular weight excluding hydrogens is 212 g/mol. The molecule has 0 bridgehead atoms. The van der Waals surface area contributed by atoms with E-state index in [-0.39, 0.29) is 12.3 Å². The van der Waals surface area contributed by atoms with Gasteiger partial charge in [-0.15, -0.1) is 0 Å². The number of carbonyl (C=O) groups excluding carboxylic acids is 1. The fourth-order valence-electron chi connectivity index (χ4n) is 1.09. The van der Waals surface area contributed by atoms with Crippen LogP contribution < -0.4 is 10.6 Å². The third-order valence-electron chi connectivity index (χ3n) is 1.95. The number of carbonyl (C=O) groups is 2. The van der Waals surface area contributed by atoms with Crippen molar-refractivity contribution in [1.29, 1.82) is 0 Å². The molecule has 0 heterocycles. The number of hydrogen-bond donors (Lipinski definition) is 4. The van der Waals surface area contributed by atoms with Gasteiger partial charge in [-0.3, -0.25) is 4.79 Å². The predicted octanol–water partition coefficient (Wildman–Crippen LogP) is -0.674. The van der Waals surface area contributed by atoms with Gasteiger partial charge in [-0.1, -0.05) is 13.8 Å². The maximum atomic E-state index is 11.2. The smallest absolute Gasteiger partial charge is 0.328 e. The summed E-state index contributed by atoms with van der Waals surface area (Å²) in [5.74, 6) is -1.58. The van der Waals surface area contributed by atoms with Crippen LogP contribution in [0.25, 0.3) is 0 Å². The first kappa shape index (κ1) is 14.9. The van der Waals surface area contributed by atoms with Crippen LogP contribution in [0.4, 0.5) is 0 Å². The Hall–Kier alpha value is -1.14. The number of aliphatic hydroxyl groups excluding tert-OH is 1. The van der Waals surface area contributed by atoms with Crippen molar-refractivity contribution >= 4 is 11.9 Å². The van der Waals surface area contributed by atoms with E-state index >= 15 is 0 Å². The van der Waals surface area contributed by atoms with Crippen molar-refractivity contribution < 1.29 is 19.8 Å². The first-order valence-corrected chi connectivity index (χ1v) is 5.33. The summed E-state index contributed by atoms with van der Waals surface area (Å²) in [6.45, 7) is 4.13. The number of hydrogen-bond acceptors (Lipinski definition) is 4. The molecule has 0 spiro atoms. The highest BCUT2D eigenvalue weighted by Crippen LogP contribution is 1.91. The van der Waals surface area contributed by atoms with Crippen LogP contribution in [0.15, 0.2) is 0 Å². The Labute approximate surface area is 95.0 Å². The number of carboxylic acids is 1. The summed E-state index contributed by atoms with van der Waals surface area (Å²) in [6, 6.07) is -0.835. The molecule has 0 aliphatic rings. The minimum atomic E-state index is -1.23. The second-order valence-corrected chi connectivity index (χ2v) is 3.85. The van der Waals surface area contributed by atoms with E-state index in [9.17, 15) is 9.59 Å². The van der Waals surface area contributed by atoms with Gasteiger partial charge in [-0.2, -0.15) is 0 Å². The van der Waals surface area contributed by atoms with E-state index in [4.69, 9.17) is 10.2 Å². The molecule has 1 amide bonds. The Morgan fingerprint density at radius 3 is 2.38 bits per heavy atom. The molecule has 1 atom stereocenters. The first-order valence-electron chi connectivity index (χ1n) is 5.33. The molecule has 0 radical (unpaired) electrons. The summed E-state index contributed by atoms with van der Waals surface area (Å²) in [4.78, 5) is 21.7. The number of aliphatic hydroxyl groups is 1. The lowest BCUT2D eigenvalue weighted by atomic mass is 10.2. The minimum Gasteiger partial charge on any atom is -0.480 e. The highest BCUT2D eigenvalue weighted by Gasteiger charge is 2.17. The van der Waals surface area contributed by atoms with Crippen LogP contribution in [0.1, 0.15) is 26.7 Å². The number of nitrogens with one attached hydrogen (secondary N) is 2. The fraction of sp³-hybridized carbons (Fsp3) is 0.800. The van der Waals surface area contributed by atoms with Crippen LogP contribution in [0.3, 0.4) is 0 Å². The SMILES string of the molecule is CC(C)NCCCC(=O)N[C@@H](CO)C(=O)O. The van der Waals surface area contributed by atoms with Gasteiger partial charge >= 0.3 is 5.97 Å². The third-order valence-corrected chi connectivity index (χ3v) is 1.95. The maximum absolute atomic E-state index is 11.2. The van der Waals surface area contributed by atoms with Crippen LogP contribution in [0.2, 0.25) is 0 Å². The van der Waals surface area contributed by atoms with Gasteiger partial charge in [0.1, 0.15) is 6.04 Å². The molecule has 0 saturated carbocycles. The highest BCUT2D eigenvalue weighted by molar-refractivity contribution is 5.83. The third kappa shape index (κ3) is 7.19. The first-order chi connectivity index (χ1) is 7.47. The van der Waals surface area contributed by atoms with Crippen molar-refractivity contribution in [3.05, 3.63) is 0 Å². The average molecular weight is 232 g/mol. The van der Waals surface area contributed by atoms with Gasteiger partial charge in [0.2, 0.25) is 5.91 Å². The molecule has 0 aromatic carbocycles. The van der Waals surface area contributed by atoms with Crippen molar-refractivity contribution in [3.63, 3.8) is 0 Å². The number of aliphatic carboxylic acids is 1. The molecule has 0 unspecified atom stereocenters. The molecule has 4 N–H and O–H groups in total. The second-order valence-electron chi connectivity index (χ2n) is 3.85. The molecule has 0 aliphatic carbocycles. The van der Waals surface area contributed by atoms with Crippen LogP contribution in [-0.2, 0) is 9.59 Å². The molecule has 0 rings (SSSR count). The van der Waals surface area contributed by atoms with Gasteiger partial charge in [0.15, 0.2) is 0 Å². The summed E-state index contributed by atoms with van der Waals surface area (Å²) in [6.07, 6.45) is 0.894.